The maximum Gasteiger partial charge on any atom is 0.169 e. The molecule has 1 aliphatic carbocycles. The lowest BCUT2D eigenvalue weighted by Crippen LogP contribution is -2.28. The first-order chi connectivity index (χ1) is 8.69. The van der Waals surface area contributed by atoms with Gasteiger partial charge in [0.05, 0.1) is 6.04 Å². The van der Waals surface area contributed by atoms with Gasteiger partial charge in [0.1, 0.15) is 5.76 Å². The second-order valence-electron chi connectivity index (χ2n) is 5.57. The van der Waals surface area contributed by atoms with Crippen molar-refractivity contribution in [1.82, 2.24) is 5.32 Å². The Bertz CT molecular complexity index is 355. The van der Waals surface area contributed by atoms with Gasteiger partial charge >= 0.3 is 0 Å². The van der Waals surface area contributed by atoms with Crippen LogP contribution in [0.25, 0.3) is 0 Å². The molecule has 102 valence electrons. The van der Waals surface area contributed by atoms with Crippen LogP contribution in [0.1, 0.15) is 57.8 Å². The molecule has 0 radical (unpaired) electrons. The van der Waals surface area contributed by atoms with Crippen molar-refractivity contribution in [2.45, 2.75) is 52.0 Å². The van der Waals surface area contributed by atoms with Crippen LogP contribution in [0.3, 0.4) is 0 Å². The van der Waals surface area contributed by atoms with Gasteiger partial charge in [-0.15, -0.1) is 0 Å². The van der Waals surface area contributed by atoms with Crippen LogP contribution in [-0.4, -0.2) is 6.54 Å². The summed E-state index contributed by atoms with van der Waals surface area (Å²) in [6, 6.07) is 4.30. The Morgan fingerprint density at radius 3 is 2.50 bits per heavy atom. The zero-order valence-electron chi connectivity index (χ0n) is 11.4. The third-order valence-corrected chi connectivity index (χ3v) is 4.70. The molecule has 0 bridgehead atoms. The molecule has 0 amide bonds. The summed E-state index contributed by atoms with van der Waals surface area (Å²) in [7, 11) is 0. The molecule has 0 saturated heterocycles. The molecule has 1 aliphatic rings. The minimum atomic E-state index is 0.306. The Kier molecular flexibility index (Phi) is 5.31. The van der Waals surface area contributed by atoms with Gasteiger partial charge in [-0.2, -0.15) is 0 Å². The number of hydrogen-bond acceptors (Lipinski definition) is 2. The highest BCUT2D eigenvalue weighted by molar-refractivity contribution is 9.10. The van der Waals surface area contributed by atoms with Gasteiger partial charge in [-0.3, -0.25) is 0 Å². The lowest BCUT2D eigenvalue weighted by atomic mass is 9.81. The van der Waals surface area contributed by atoms with E-state index in [0.717, 1.165) is 28.8 Å². The largest absolute Gasteiger partial charge is 0.453 e. The molecule has 0 aliphatic heterocycles. The summed E-state index contributed by atoms with van der Waals surface area (Å²) in [5.41, 5.74) is 0. The normalized spacial score (nSPS) is 26.2. The van der Waals surface area contributed by atoms with E-state index in [1.165, 1.54) is 32.1 Å². The Hall–Kier alpha value is -0.280. The molecule has 0 aromatic carbocycles. The van der Waals surface area contributed by atoms with Crippen molar-refractivity contribution in [2.24, 2.45) is 11.8 Å². The lowest BCUT2D eigenvalue weighted by molar-refractivity contribution is 0.254. The summed E-state index contributed by atoms with van der Waals surface area (Å²) in [4.78, 5) is 0. The van der Waals surface area contributed by atoms with Crippen molar-refractivity contribution < 1.29 is 4.42 Å². The van der Waals surface area contributed by atoms with E-state index in [-0.39, 0.29) is 0 Å². The topological polar surface area (TPSA) is 25.2 Å². The van der Waals surface area contributed by atoms with E-state index >= 15 is 0 Å². The molecule has 1 heterocycles. The second-order valence-corrected chi connectivity index (χ2v) is 6.35. The standard InChI is InChI=1S/C15H24BrNO/c1-3-12-4-6-13(7-5-12)10-17-11(2)14-8-9-15(16)18-14/h8-9,11-13,17H,3-7,10H2,1-2H3. The molecule has 1 fully saturated rings. The first-order valence-electron chi connectivity index (χ1n) is 7.17. The van der Waals surface area contributed by atoms with Crippen molar-refractivity contribution in [3.63, 3.8) is 0 Å². The molecule has 1 atom stereocenters. The van der Waals surface area contributed by atoms with Gasteiger partial charge in [0.15, 0.2) is 4.67 Å². The van der Waals surface area contributed by atoms with Gasteiger partial charge in [-0.05, 0) is 66.2 Å². The van der Waals surface area contributed by atoms with Crippen LogP contribution < -0.4 is 5.32 Å². The van der Waals surface area contributed by atoms with E-state index in [0.29, 0.717) is 6.04 Å². The molecule has 1 aromatic rings. The van der Waals surface area contributed by atoms with Crippen molar-refractivity contribution in [3.05, 3.63) is 22.6 Å². The lowest BCUT2D eigenvalue weighted by Gasteiger charge is -2.28. The predicted octanol–water partition coefficient (Wildman–Crippen LogP) is 4.91. The van der Waals surface area contributed by atoms with Crippen LogP contribution in [0, 0.1) is 11.8 Å². The number of halogens is 1. The Labute approximate surface area is 119 Å². The van der Waals surface area contributed by atoms with E-state index in [1.807, 2.05) is 12.1 Å². The van der Waals surface area contributed by atoms with Gasteiger partial charge in [0, 0.05) is 0 Å². The van der Waals surface area contributed by atoms with Crippen LogP contribution >= 0.6 is 15.9 Å². The molecule has 18 heavy (non-hydrogen) atoms. The highest BCUT2D eigenvalue weighted by Crippen LogP contribution is 2.30. The van der Waals surface area contributed by atoms with Gasteiger partial charge in [0.2, 0.25) is 0 Å². The van der Waals surface area contributed by atoms with E-state index < -0.39 is 0 Å². The van der Waals surface area contributed by atoms with Crippen LogP contribution in [0.15, 0.2) is 21.2 Å². The van der Waals surface area contributed by atoms with Crippen LogP contribution in [0.2, 0.25) is 0 Å². The first-order valence-corrected chi connectivity index (χ1v) is 7.97. The number of nitrogens with one attached hydrogen (secondary N) is 1. The van der Waals surface area contributed by atoms with E-state index in [2.05, 4.69) is 35.1 Å². The van der Waals surface area contributed by atoms with Crippen molar-refractivity contribution in [3.8, 4) is 0 Å². The monoisotopic (exact) mass is 313 g/mol. The molecule has 2 nitrogen and oxygen atoms in total. The zero-order chi connectivity index (χ0) is 13.0. The molecule has 1 aromatic heterocycles. The fraction of sp³-hybridized carbons (Fsp3) is 0.733. The van der Waals surface area contributed by atoms with E-state index in [1.54, 1.807) is 0 Å². The summed E-state index contributed by atoms with van der Waals surface area (Å²) in [6.07, 6.45) is 6.98. The average Bonchev–Trinajstić information content (AvgIpc) is 2.83. The summed E-state index contributed by atoms with van der Waals surface area (Å²) < 4.78 is 6.39. The fourth-order valence-electron chi connectivity index (χ4n) is 2.85. The molecular weight excluding hydrogens is 290 g/mol. The highest BCUT2D eigenvalue weighted by atomic mass is 79.9. The summed E-state index contributed by atoms with van der Waals surface area (Å²) in [5.74, 6) is 2.86. The molecule has 2 rings (SSSR count). The van der Waals surface area contributed by atoms with Gasteiger partial charge in [-0.1, -0.05) is 26.2 Å². The SMILES string of the molecule is CCC1CCC(CNC(C)c2ccc(Br)o2)CC1. The molecule has 0 spiro atoms. The fourth-order valence-corrected chi connectivity index (χ4v) is 3.17. The Morgan fingerprint density at radius 2 is 1.94 bits per heavy atom. The Morgan fingerprint density at radius 1 is 1.28 bits per heavy atom. The van der Waals surface area contributed by atoms with Crippen molar-refractivity contribution in [1.29, 1.82) is 0 Å². The van der Waals surface area contributed by atoms with Crippen LogP contribution in [0.4, 0.5) is 0 Å². The molecule has 1 unspecified atom stereocenters. The second kappa shape index (κ2) is 6.76. The minimum absolute atomic E-state index is 0.306. The maximum absolute atomic E-state index is 5.57. The van der Waals surface area contributed by atoms with Gasteiger partial charge < -0.3 is 9.73 Å². The third-order valence-electron chi connectivity index (χ3n) is 4.28. The first kappa shape index (κ1) is 14.1. The smallest absolute Gasteiger partial charge is 0.169 e. The Balaban J connectivity index is 1.72. The van der Waals surface area contributed by atoms with Crippen LogP contribution in [0.5, 0.6) is 0 Å². The quantitative estimate of drug-likeness (QED) is 0.835. The molecule has 1 saturated carbocycles. The van der Waals surface area contributed by atoms with Crippen LogP contribution in [-0.2, 0) is 0 Å². The third kappa shape index (κ3) is 3.86. The van der Waals surface area contributed by atoms with Gasteiger partial charge in [0.25, 0.3) is 0 Å². The molecule has 3 heteroatoms. The zero-order valence-corrected chi connectivity index (χ0v) is 13.0. The summed E-state index contributed by atoms with van der Waals surface area (Å²) >= 11 is 3.35. The maximum atomic E-state index is 5.57. The minimum Gasteiger partial charge on any atom is -0.453 e. The predicted molar refractivity (Wildman–Crippen MR) is 78.6 cm³/mol. The van der Waals surface area contributed by atoms with Crippen molar-refractivity contribution in [2.75, 3.05) is 6.54 Å². The number of furan rings is 1. The molecule has 1 N–H and O–H groups in total. The average molecular weight is 314 g/mol. The van der Waals surface area contributed by atoms with E-state index in [4.69, 9.17) is 4.42 Å². The molecular formula is C15H24BrNO. The highest BCUT2D eigenvalue weighted by Gasteiger charge is 2.20. The van der Waals surface area contributed by atoms with E-state index in [9.17, 15) is 0 Å². The van der Waals surface area contributed by atoms with Crippen molar-refractivity contribution >= 4 is 15.9 Å². The number of rotatable bonds is 5. The van der Waals surface area contributed by atoms with Gasteiger partial charge in [-0.25, -0.2) is 0 Å². The summed E-state index contributed by atoms with van der Waals surface area (Å²) in [5, 5.41) is 3.60. The summed E-state index contributed by atoms with van der Waals surface area (Å²) in [6.45, 7) is 5.61. The number of hydrogen-bond donors (Lipinski definition) is 1.